The third kappa shape index (κ3) is 5.25. The zero-order valence-electron chi connectivity index (χ0n) is 9.19. The summed E-state index contributed by atoms with van der Waals surface area (Å²) in [6, 6.07) is 5.03. The van der Waals surface area contributed by atoms with Crippen molar-refractivity contribution in [1.29, 1.82) is 0 Å². The quantitative estimate of drug-likeness (QED) is 0.777. The minimum atomic E-state index is -1.83. The molecule has 0 bridgehead atoms. The molecule has 0 spiro atoms. The Kier molecular flexibility index (Phi) is 5.25. The second-order valence-corrected chi connectivity index (χ2v) is 4.51. The van der Waals surface area contributed by atoms with Crippen LogP contribution in [0.1, 0.15) is 12.8 Å². The molecule has 1 aliphatic carbocycles. The number of rotatable bonds is 2. The summed E-state index contributed by atoms with van der Waals surface area (Å²) in [5.74, 6) is 0.232. The number of carbonyl (C=O) groups is 2. The van der Waals surface area contributed by atoms with Crippen LogP contribution in [0.3, 0.4) is 0 Å². The molecule has 1 amide bonds. The van der Waals surface area contributed by atoms with Crippen molar-refractivity contribution in [3.63, 3.8) is 0 Å². The molecule has 18 heavy (non-hydrogen) atoms. The standard InChI is InChI=1S/C10H9Cl2NO.CH2O3/c11-7-3-4-9(8(12)5-7)13-10(14)6-1-2-6;2-1(3)4/h3-6H,1-2H2,(H,13,14);(H2,2,3,4). The third-order valence-corrected chi connectivity index (χ3v) is 2.68. The monoisotopic (exact) mass is 291 g/mol. The third-order valence-electron chi connectivity index (χ3n) is 2.14. The van der Waals surface area contributed by atoms with Crippen molar-refractivity contribution in [2.75, 3.05) is 5.32 Å². The highest BCUT2D eigenvalue weighted by molar-refractivity contribution is 6.36. The van der Waals surface area contributed by atoms with Gasteiger partial charge in [0.15, 0.2) is 0 Å². The molecule has 5 nitrogen and oxygen atoms in total. The van der Waals surface area contributed by atoms with Gasteiger partial charge in [-0.2, -0.15) is 0 Å². The smallest absolute Gasteiger partial charge is 0.450 e. The molecule has 0 unspecified atom stereocenters. The number of hydrogen-bond acceptors (Lipinski definition) is 2. The van der Waals surface area contributed by atoms with Crippen LogP contribution in [0.15, 0.2) is 18.2 Å². The molecule has 1 aromatic rings. The maximum Gasteiger partial charge on any atom is 0.503 e. The van der Waals surface area contributed by atoms with Gasteiger partial charge in [-0.1, -0.05) is 23.2 Å². The number of hydrogen-bond donors (Lipinski definition) is 3. The molecular formula is C11H11Cl2NO4. The zero-order valence-corrected chi connectivity index (χ0v) is 10.7. The van der Waals surface area contributed by atoms with Crippen LogP contribution < -0.4 is 5.32 Å². The highest BCUT2D eigenvalue weighted by atomic mass is 35.5. The number of nitrogens with one attached hydrogen (secondary N) is 1. The first-order chi connectivity index (χ1) is 8.40. The topological polar surface area (TPSA) is 86.6 Å². The summed E-state index contributed by atoms with van der Waals surface area (Å²) < 4.78 is 0. The van der Waals surface area contributed by atoms with E-state index in [9.17, 15) is 4.79 Å². The summed E-state index contributed by atoms with van der Waals surface area (Å²) in [6.45, 7) is 0. The van der Waals surface area contributed by atoms with E-state index in [1.807, 2.05) is 0 Å². The SMILES string of the molecule is O=C(Nc1ccc(Cl)cc1Cl)C1CC1.O=C(O)O. The maximum atomic E-state index is 11.4. The van der Waals surface area contributed by atoms with Crippen LogP contribution in [0, 0.1) is 5.92 Å². The number of anilines is 1. The fraction of sp³-hybridized carbons (Fsp3) is 0.273. The molecule has 1 aromatic carbocycles. The van der Waals surface area contributed by atoms with Gasteiger partial charge in [0, 0.05) is 10.9 Å². The minimum absolute atomic E-state index is 0.0502. The summed E-state index contributed by atoms with van der Waals surface area (Å²) in [7, 11) is 0. The van der Waals surface area contributed by atoms with E-state index < -0.39 is 6.16 Å². The Bertz CT molecular complexity index is 456. The van der Waals surface area contributed by atoms with Crippen LogP contribution in [-0.4, -0.2) is 22.3 Å². The lowest BCUT2D eigenvalue weighted by atomic mass is 10.3. The molecule has 0 atom stereocenters. The van der Waals surface area contributed by atoms with Crippen molar-refractivity contribution in [2.24, 2.45) is 5.92 Å². The number of amides is 1. The van der Waals surface area contributed by atoms with Crippen LogP contribution in [0.2, 0.25) is 10.0 Å². The van der Waals surface area contributed by atoms with Gasteiger partial charge in [-0.25, -0.2) is 4.79 Å². The van der Waals surface area contributed by atoms with E-state index in [2.05, 4.69) is 5.32 Å². The van der Waals surface area contributed by atoms with Crippen molar-refractivity contribution >= 4 is 41.0 Å². The highest BCUT2D eigenvalue weighted by Crippen LogP contribution is 2.32. The predicted molar refractivity (Wildman–Crippen MR) is 68.5 cm³/mol. The molecule has 1 fully saturated rings. The lowest BCUT2D eigenvalue weighted by Gasteiger charge is -2.06. The Hall–Kier alpha value is -1.46. The summed E-state index contributed by atoms with van der Waals surface area (Å²) in [5, 5.41) is 17.8. The summed E-state index contributed by atoms with van der Waals surface area (Å²) in [4.78, 5) is 20.0. The Balaban J connectivity index is 0.000000357. The van der Waals surface area contributed by atoms with Crippen molar-refractivity contribution < 1.29 is 19.8 Å². The van der Waals surface area contributed by atoms with E-state index in [0.717, 1.165) is 12.8 Å². The number of benzene rings is 1. The zero-order chi connectivity index (χ0) is 13.7. The van der Waals surface area contributed by atoms with Gasteiger partial charge < -0.3 is 15.5 Å². The molecule has 7 heteroatoms. The predicted octanol–water partition coefficient (Wildman–Crippen LogP) is 3.56. The number of carbonyl (C=O) groups excluding carboxylic acids is 1. The van der Waals surface area contributed by atoms with Crippen LogP contribution in [-0.2, 0) is 4.79 Å². The van der Waals surface area contributed by atoms with E-state index in [-0.39, 0.29) is 11.8 Å². The number of carboxylic acid groups (broad SMARTS) is 2. The van der Waals surface area contributed by atoms with Gasteiger partial charge in [-0.15, -0.1) is 0 Å². The van der Waals surface area contributed by atoms with Gasteiger partial charge >= 0.3 is 6.16 Å². The Morgan fingerprint density at radius 3 is 2.22 bits per heavy atom. The highest BCUT2D eigenvalue weighted by Gasteiger charge is 2.29. The Morgan fingerprint density at radius 2 is 1.78 bits per heavy atom. The van der Waals surface area contributed by atoms with Crippen molar-refractivity contribution in [3.05, 3.63) is 28.2 Å². The van der Waals surface area contributed by atoms with Crippen LogP contribution >= 0.6 is 23.2 Å². The molecule has 0 aromatic heterocycles. The second kappa shape index (κ2) is 6.47. The first-order valence-corrected chi connectivity index (χ1v) is 5.83. The number of halogens is 2. The molecule has 1 aliphatic rings. The molecule has 3 N–H and O–H groups in total. The first-order valence-electron chi connectivity index (χ1n) is 5.08. The summed E-state index contributed by atoms with van der Waals surface area (Å²) in [5.41, 5.74) is 0.632. The van der Waals surface area contributed by atoms with E-state index in [4.69, 9.17) is 38.2 Å². The Labute approximate surface area is 113 Å². The van der Waals surface area contributed by atoms with Gasteiger partial charge in [0.1, 0.15) is 0 Å². The second-order valence-electron chi connectivity index (χ2n) is 3.67. The normalized spacial score (nSPS) is 13.2. The maximum absolute atomic E-state index is 11.4. The first kappa shape index (κ1) is 14.6. The summed E-state index contributed by atoms with van der Waals surface area (Å²) >= 11 is 11.6. The van der Waals surface area contributed by atoms with E-state index in [0.29, 0.717) is 15.7 Å². The molecule has 0 heterocycles. The van der Waals surface area contributed by atoms with Crippen LogP contribution in [0.4, 0.5) is 10.5 Å². The van der Waals surface area contributed by atoms with Gasteiger partial charge in [0.05, 0.1) is 10.7 Å². The van der Waals surface area contributed by atoms with Gasteiger partial charge in [0.25, 0.3) is 0 Å². The molecular weight excluding hydrogens is 281 g/mol. The van der Waals surface area contributed by atoms with Crippen LogP contribution in [0.5, 0.6) is 0 Å². The van der Waals surface area contributed by atoms with Gasteiger partial charge in [-0.05, 0) is 31.0 Å². The molecule has 0 radical (unpaired) electrons. The molecule has 98 valence electrons. The Morgan fingerprint density at radius 1 is 1.22 bits per heavy atom. The largest absolute Gasteiger partial charge is 0.503 e. The fourth-order valence-corrected chi connectivity index (χ4v) is 1.63. The van der Waals surface area contributed by atoms with Crippen molar-refractivity contribution in [1.82, 2.24) is 0 Å². The average Bonchev–Trinajstić information content (AvgIpc) is 3.04. The van der Waals surface area contributed by atoms with Crippen molar-refractivity contribution in [3.8, 4) is 0 Å². The lowest BCUT2D eigenvalue weighted by Crippen LogP contribution is -2.13. The minimum Gasteiger partial charge on any atom is -0.450 e. The molecule has 1 saturated carbocycles. The summed E-state index contributed by atoms with van der Waals surface area (Å²) in [6.07, 6.45) is 0.133. The molecule has 2 rings (SSSR count). The van der Waals surface area contributed by atoms with Crippen molar-refractivity contribution in [2.45, 2.75) is 12.8 Å². The van der Waals surface area contributed by atoms with E-state index in [1.54, 1.807) is 18.2 Å². The van der Waals surface area contributed by atoms with Gasteiger partial charge in [0.2, 0.25) is 5.91 Å². The molecule has 0 aliphatic heterocycles. The van der Waals surface area contributed by atoms with Crippen LogP contribution in [0.25, 0.3) is 0 Å². The van der Waals surface area contributed by atoms with E-state index >= 15 is 0 Å². The fourth-order valence-electron chi connectivity index (χ4n) is 1.17. The van der Waals surface area contributed by atoms with E-state index in [1.165, 1.54) is 0 Å². The van der Waals surface area contributed by atoms with Gasteiger partial charge in [-0.3, -0.25) is 4.79 Å². The lowest BCUT2D eigenvalue weighted by molar-refractivity contribution is -0.117. The average molecular weight is 292 g/mol. The molecule has 0 saturated heterocycles.